The second-order valence-corrected chi connectivity index (χ2v) is 6.57. The first kappa shape index (κ1) is 21.1. The fraction of sp³-hybridized carbons (Fsp3) is 0.650. The largest absolute Gasteiger partial charge is 0.356 e. The molecule has 0 aromatic carbocycles. The van der Waals surface area contributed by atoms with Crippen LogP contribution in [0.15, 0.2) is 24.4 Å². The average Bonchev–Trinajstić information content (AvgIpc) is 2.91. The minimum atomic E-state index is -0.114. The molecule has 0 aromatic rings. The molecule has 1 aliphatic heterocycles. The quantitative estimate of drug-likeness (QED) is 0.489. The van der Waals surface area contributed by atoms with E-state index in [1.807, 2.05) is 0 Å². The Morgan fingerprint density at radius 3 is 2.28 bits per heavy atom. The maximum Gasteiger partial charge on any atom is 0.251 e. The lowest BCUT2D eigenvalue weighted by atomic mass is 10.1. The van der Waals surface area contributed by atoms with Crippen LogP contribution in [-0.2, 0) is 14.4 Å². The number of ketones is 1. The Morgan fingerprint density at radius 2 is 1.68 bits per heavy atom. The number of nitrogens with one attached hydrogen (secondary N) is 1. The third-order valence-corrected chi connectivity index (χ3v) is 4.36. The van der Waals surface area contributed by atoms with Gasteiger partial charge in [0.25, 0.3) is 5.91 Å². The van der Waals surface area contributed by atoms with Crippen molar-refractivity contribution in [3.63, 3.8) is 0 Å². The molecule has 0 unspecified atom stereocenters. The highest BCUT2D eigenvalue weighted by Crippen LogP contribution is 2.13. The van der Waals surface area contributed by atoms with E-state index in [1.54, 1.807) is 6.08 Å². The van der Waals surface area contributed by atoms with E-state index in [0.717, 1.165) is 32.1 Å². The summed E-state index contributed by atoms with van der Waals surface area (Å²) in [5.74, 6) is 0.195. The van der Waals surface area contributed by atoms with E-state index in [0.29, 0.717) is 37.4 Å². The van der Waals surface area contributed by atoms with Crippen molar-refractivity contribution >= 4 is 17.6 Å². The molecule has 0 atom stereocenters. The zero-order valence-electron chi connectivity index (χ0n) is 15.5. The smallest absolute Gasteiger partial charge is 0.251 e. The number of hydrogen-bond donors (Lipinski definition) is 1. The molecule has 1 rings (SSSR count). The lowest BCUT2D eigenvalue weighted by Crippen LogP contribution is -2.31. The van der Waals surface area contributed by atoms with E-state index in [9.17, 15) is 14.4 Å². The zero-order valence-corrected chi connectivity index (χ0v) is 15.5. The van der Waals surface area contributed by atoms with Crippen LogP contribution in [0.25, 0.3) is 0 Å². The molecule has 25 heavy (non-hydrogen) atoms. The van der Waals surface area contributed by atoms with Crippen molar-refractivity contribution in [2.24, 2.45) is 0 Å². The molecule has 0 bridgehead atoms. The molecule has 1 aliphatic rings. The van der Waals surface area contributed by atoms with E-state index >= 15 is 0 Å². The van der Waals surface area contributed by atoms with Crippen molar-refractivity contribution in [1.29, 1.82) is 0 Å². The van der Waals surface area contributed by atoms with Crippen molar-refractivity contribution in [3.05, 3.63) is 24.4 Å². The molecule has 0 spiro atoms. The van der Waals surface area contributed by atoms with Crippen LogP contribution in [0.1, 0.15) is 71.1 Å². The summed E-state index contributed by atoms with van der Waals surface area (Å²) in [6, 6.07) is 0. The number of carbonyl (C=O) groups excluding carboxylic acids is 3. The number of nitrogens with zero attached hydrogens (tertiary/aromatic N) is 1. The van der Waals surface area contributed by atoms with E-state index in [-0.39, 0.29) is 18.2 Å². The number of unbranched alkanes of at least 4 members (excludes halogenated alkanes) is 5. The lowest BCUT2D eigenvalue weighted by Gasteiger charge is -2.16. The Hall–Kier alpha value is -1.91. The first-order valence-corrected chi connectivity index (χ1v) is 9.51. The Kier molecular flexibility index (Phi) is 10.5. The Labute approximate surface area is 151 Å². The monoisotopic (exact) mass is 348 g/mol. The summed E-state index contributed by atoms with van der Waals surface area (Å²) < 4.78 is 0. The van der Waals surface area contributed by atoms with Crippen LogP contribution in [0.4, 0.5) is 0 Å². The van der Waals surface area contributed by atoms with Crippen molar-refractivity contribution in [2.45, 2.75) is 71.1 Å². The maximum atomic E-state index is 11.8. The third-order valence-electron chi connectivity index (χ3n) is 4.36. The van der Waals surface area contributed by atoms with Crippen LogP contribution in [0.5, 0.6) is 0 Å². The van der Waals surface area contributed by atoms with Gasteiger partial charge in [-0.05, 0) is 25.3 Å². The van der Waals surface area contributed by atoms with Gasteiger partial charge in [-0.25, -0.2) is 0 Å². The van der Waals surface area contributed by atoms with Crippen molar-refractivity contribution in [1.82, 2.24) is 10.2 Å². The summed E-state index contributed by atoms with van der Waals surface area (Å²) in [6.45, 7) is 6.91. The molecule has 1 heterocycles. The second kappa shape index (κ2) is 12.5. The number of allylic oxidation sites excluding steroid dienone is 1. The predicted molar refractivity (Wildman–Crippen MR) is 99.9 cm³/mol. The van der Waals surface area contributed by atoms with Gasteiger partial charge < -0.3 is 10.2 Å². The van der Waals surface area contributed by atoms with Gasteiger partial charge in [0.1, 0.15) is 5.78 Å². The van der Waals surface area contributed by atoms with Crippen molar-refractivity contribution < 1.29 is 14.4 Å². The summed E-state index contributed by atoms with van der Waals surface area (Å²) in [6.07, 6.45) is 12.1. The molecule has 5 nitrogen and oxygen atoms in total. The fourth-order valence-corrected chi connectivity index (χ4v) is 2.77. The van der Waals surface area contributed by atoms with Gasteiger partial charge in [-0.1, -0.05) is 39.2 Å². The average molecular weight is 348 g/mol. The SMILES string of the molecule is C=C1C=CC(=O)N1CCC(=O)NCCCCCC(=O)CCCCCC. The number of hydrogen-bond acceptors (Lipinski definition) is 3. The van der Waals surface area contributed by atoms with Gasteiger partial charge in [-0.15, -0.1) is 0 Å². The second-order valence-electron chi connectivity index (χ2n) is 6.57. The van der Waals surface area contributed by atoms with Crippen LogP contribution < -0.4 is 5.32 Å². The highest BCUT2D eigenvalue weighted by molar-refractivity contribution is 5.93. The molecule has 5 heteroatoms. The van der Waals surface area contributed by atoms with Crippen LogP contribution in [0.2, 0.25) is 0 Å². The number of amides is 2. The highest BCUT2D eigenvalue weighted by Gasteiger charge is 2.18. The number of Topliss-reactive ketones (excluding diaryl/α,β-unsaturated/α-hetero) is 1. The standard InChI is InChI=1S/C20H32N2O3/c1-3-4-5-7-10-18(23)11-8-6-9-15-21-19(24)14-16-22-17(2)12-13-20(22)25/h12-13H,2-11,14-16H2,1H3,(H,21,24). The third kappa shape index (κ3) is 9.22. The summed E-state index contributed by atoms with van der Waals surface area (Å²) in [5, 5.41) is 2.86. The molecular formula is C20H32N2O3. The van der Waals surface area contributed by atoms with E-state index in [4.69, 9.17) is 0 Å². The molecule has 0 saturated heterocycles. The molecule has 140 valence electrons. The Morgan fingerprint density at radius 1 is 1.00 bits per heavy atom. The van der Waals surface area contributed by atoms with Gasteiger partial charge in [-0.3, -0.25) is 14.4 Å². The topological polar surface area (TPSA) is 66.5 Å². The molecule has 0 saturated carbocycles. The van der Waals surface area contributed by atoms with E-state index in [1.165, 1.54) is 23.8 Å². The van der Waals surface area contributed by atoms with Crippen LogP contribution in [0.3, 0.4) is 0 Å². The fourth-order valence-electron chi connectivity index (χ4n) is 2.77. The van der Waals surface area contributed by atoms with Gasteiger partial charge in [-0.2, -0.15) is 0 Å². The number of rotatable bonds is 14. The normalized spacial score (nSPS) is 13.6. The van der Waals surface area contributed by atoms with Crippen LogP contribution in [-0.4, -0.2) is 35.6 Å². The summed E-state index contributed by atoms with van der Waals surface area (Å²) in [7, 11) is 0. The van der Waals surface area contributed by atoms with Gasteiger partial charge >= 0.3 is 0 Å². The van der Waals surface area contributed by atoms with Crippen LogP contribution in [0, 0.1) is 0 Å². The molecule has 0 fully saturated rings. The van der Waals surface area contributed by atoms with Gasteiger partial charge in [0.2, 0.25) is 5.91 Å². The molecular weight excluding hydrogens is 316 g/mol. The lowest BCUT2D eigenvalue weighted by molar-refractivity contribution is -0.125. The van der Waals surface area contributed by atoms with Gasteiger partial charge in [0.15, 0.2) is 0 Å². The Bertz CT molecular complexity index is 479. The molecule has 0 aromatic heterocycles. The van der Waals surface area contributed by atoms with Gasteiger partial charge in [0, 0.05) is 44.1 Å². The first-order chi connectivity index (χ1) is 12.0. The first-order valence-electron chi connectivity index (χ1n) is 9.51. The van der Waals surface area contributed by atoms with Crippen molar-refractivity contribution in [3.8, 4) is 0 Å². The van der Waals surface area contributed by atoms with Crippen molar-refractivity contribution in [2.75, 3.05) is 13.1 Å². The zero-order chi connectivity index (χ0) is 18.5. The van der Waals surface area contributed by atoms with Gasteiger partial charge in [0.05, 0.1) is 0 Å². The summed E-state index contributed by atoms with van der Waals surface area (Å²) in [4.78, 5) is 36.5. The van der Waals surface area contributed by atoms with E-state index < -0.39 is 0 Å². The predicted octanol–water partition coefficient (Wildman–Crippen LogP) is 3.50. The summed E-state index contributed by atoms with van der Waals surface area (Å²) in [5.41, 5.74) is 0.636. The number of carbonyl (C=O) groups is 3. The molecule has 2 amide bonds. The molecule has 0 aliphatic carbocycles. The highest BCUT2D eigenvalue weighted by atomic mass is 16.2. The minimum Gasteiger partial charge on any atom is -0.356 e. The molecule has 1 N–H and O–H groups in total. The van der Waals surface area contributed by atoms with E-state index in [2.05, 4.69) is 18.8 Å². The maximum absolute atomic E-state index is 11.8. The van der Waals surface area contributed by atoms with Crippen LogP contribution >= 0.6 is 0 Å². The molecule has 0 radical (unpaired) electrons. The Balaban J connectivity index is 1.95. The summed E-state index contributed by atoms with van der Waals surface area (Å²) >= 11 is 0. The minimum absolute atomic E-state index is 0.0560.